The number of rotatable bonds is 7. The minimum atomic E-state index is -0.935. The van der Waals surface area contributed by atoms with Crippen molar-refractivity contribution in [3.8, 4) is 23.0 Å². The number of ether oxygens (including phenoxy) is 3. The van der Waals surface area contributed by atoms with Crippen molar-refractivity contribution in [3.63, 3.8) is 0 Å². The molecule has 170 valence electrons. The van der Waals surface area contributed by atoms with Crippen LogP contribution in [0.5, 0.6) is 23.0 Å². The lowest BCUT2D eigenvalue weighted by molar-refractivity contribution is -0.125. The Kier molecular flexibility index (Phi) is 6.35. The van der Waals surface area contributed by atoms with E-state index < -0.39 is 6.04 Å². The highest BCUT2D eigenvalue weighted by Crippen LogP contribution is 2.34. The van der Waals surface area contributed by atoms with Gasteiger partial charge in [-0.05, 0) is 59.7 Å². The second kappa shape index (κ2) is 9.52. The number of likely N-dealkylation sites (N-methyl/N-ethyl adjacent to an activating group) is 1. The Morgan fingerprint density at radius 3 is 2.39 bits per heavy atom. The summed E-state index contributed by atoms with van der Waals surface area (Å²) in [6, 6.07) is 17.4. The fraction of sp³-hybridized carbons (Fsp3) is 0.200. The Bertz CT molecular complexity index is 1140. The quantitative estimate of drug-likeness (QED) is 0.576. The maximum absolute atomic E-state index is 13.7. The number of benzene rings is 3. The van der Waals surface area contributed by atoms with Crippen molar-refractivity contribution in [1.82, 2.24) is 10.2 Å². The number of carbonyl (C=O) groups is 2. The summed E-state index contributed by atoms with van der Waals surface area (Å²) in [7, 11) is 3.07. The summed E-state index contributed by atoms with van der Waals surface area (Å²) in [5.41, 5.74) is 1.74. The topological polar surface area (TPSA) is 97.3 Å². The van der Waals surface area contributed by atoms with Gasteiger partial charge < -0.3 is 29.5 Å². The predicted molar refractivity (Wildman–Crippen MR) is 120 cm³/mol. The molecule has 0 spiro atoms. The zero-order valence-electron chi connectivity index (χ0n) is 18.3. The van der Waals surface area contributed by atoms with Crippen LogP contribution in [0.25, 0.3) is 0 Å². The molecule has 33 heavy (non-hydrogen) atoms. The maximum atomic E-state index is 13.7. The van der Waals surface area contributed by atoms with E-state index >= 15 is 0 Å². The number of carbonyl (C=O) groups excluding carboxylic acids is 2. The first kappa shape index (κ1) is 22.0. The molecule has 0 aliphatic carbocycles. The van der Waals surface area contributed by atoms with Crippen LogP contribution < -0.4 is 19.5 Å². The van der Waals surface area contributed by atoms with Gasteiger partial charge in [0.15, 0.2) is 11.5 Å². The molecule has 8 heteroatoms. The zero-order valence-corrected chi connectivity index (χ0v) is 18.3. The van der Waals surface area contributed by atoms with Crippen molar-refractivity contribution in [2.24, 2.45) is 0 Å². The van der Waals surface area contributed by atoms with E-state index in [1.807, 2.05) is 6.07 Å². The van der Waals surface area contributed by atoms with E-state index in [-0.39, 0.29) is 30.9 Å². The third-order valence-electron chi connectivity index (χ3n) is 5.40. The lowest BCUT2D eigenvalue weighted by atomic mass is 10.0. The fourth-order valence-corrected chi connectivity index (χ4v) is 3.68. The molecule has 3 aromatic rings. The van der Waals surface area contributed by atoms with Crippen molar-refractivity contribution in [1.29, 1.82) is 0 Å². The van der Waals surface area contributed by atoms with Crippen molar-refractivity contribution >= 4 is 11.8 Å². The summed E-state index contributed by atoms with van der Waals surface area (Å²) in [6.45, 7) is 0.280. The lowest BCUT2D eigenvalue weighted by Crippen LogP contribution is -2.42. The molecule has 3 aromatic carbocycles. The molecule has 0 saturated carbocycles. The summed E-state index contributed by atoms with van der Waals surface area (Å²) in [5.74, 6) is 1.22. The molecule has 1 unspecified atom stereocenters. The van der Waals surface area contributed by atoms with Gasteiger partial charge >= 0.3 is 0 Å². The Balaban J connectivity index is 1.76. The summed E-state index contributed by atoms with van der Waals surface area (Å²) < 4.78 is 16.0. The van der Waals surface area contributed by atoms with E-state index in [0.29, 0.717) is 28.4 Å². The molecule has 0 bridgehead atoms. The number of hydrogen-bond donors (Lipinski definition) is 2. The molecule has 1 aliphatic rings. The largest absolute Gasteiger partial charge is 0.508 e. The van der Waals surface area contributed by atoms with Gasteiger partial charge in [-0.3, -0.25) is 9.59 Å². The smallest absolute Gasteiger partial charge is 0.255 e. The number of phenols is 1. The number of phenolic OH excluding ortho intramolecular Hbond substituents is 1. The van der Waals surface area contributed by atoms with Crippen LogP contribution in [0.3, 0.4) is 0 Å². The van der Waals surface area contributed by atoms with Crippen LogP contribution in [0, 0.1) is 0 Å². The van der Waals surface area contributed by atoms with Crippen LogP contribution >= 0.6 is 0 Å². The molecule has 1 aliphatic heterocycles. The summed E-state index contributed by atoms with van der Waals surface area (Å²) in [5, 5.41) is 12.4. The monoisotopic (exact) mass is 448 g/mol. The number of nitrogens with zero attached hydrogens (tertiary/aromatic N) is 1. The van der Waals surface area contributed by atoms with Gasteiger partial charge in [0.1, 0.15) is 17.5 Å². The Labute approximate surface area is 191 Å². The molecule has 2 amide bonds. The fourth-order valence-electron chi connectivity index (χ4n) is 3.68. The van der Waals surface area contributed by atoms with Gasteiger partial charge in [0.25, 0.3) is 5.91 Å². The summed E-state index contributed by atoms with van der Waals surface area (Å²) in [6.07, 6.45) is 0. The number of hydrogen-bond acceptors (Lipinski definition) is 6. The molecule has 4 rings (SSSR count). The normalized spacial score (nSPS) is 12.7. The number of fused-ring (bicyclic) bond motifs is 1. The highest BCUT2D eigenvalue weighted by atomic mass is 16.7. The molecule has 2 N–H and O–H groups in total. The second-order valence-electron chi connectivity index (χ2n) is 7.46. The SMILES string of the molecule is CNC(=O)C(c1ccc(O)cc1)N(Cc1ccc2c(c1)OCO2)C(=O)c1ccc(OC)cc1. The minimum Gasteiger partial charge on any atom is -0.508 e. The van der Waals surface area contributed by atoms with Crippen molar-refractivity contribution in [2.75, 3.05) is 21.0 Å². The van der Waals surface area contributed by atoms with E-state index in [0.717, 1.165) is 5.56 Å². The molecular formula is C25H24N2O6. The van der Waals surface area contributed by atoms with Crippen LogP contribution in [0.1, 0.15) is 27.5 Å². The number of methoxy groups -OCH3 is 1. The standard InChI is InChI=1S/C25H24N2O6/c1-26-24(29)23(17-4-8-19(28)9-5-17)27(25(30)18-6-10-20(31-2)11-7-18)14-16-3-12-21-22(13-16)33-15-32-21/h3-13,23,28H,14-15H2,1-2H3,(H,26,29). The number of aromatic hydroxyl groups is 1. The Morgan fingerprint density at radius 2 is 1.73 bits per heavy atom. The van der Waals surface area contributed by atoms with E-state index in [1.54, 1.807) is 55.6 Å². The van der Waals surface area contributed by atoms with E-state index in [2.05, 4.69) is 5.32 Å². The third-order valence-corrected chi connectivity index (χ3v) is 5.40. The van der Waals surface area contributed by atoms with Gasteiger partial charge in [-0.1, -0.05) is 18.2 Å². The number of amides is 2. The molecule has 1 atom stereocenters. The average Bonchev–Trinajstić information content (AvgIpc) is 3.32. The zero-order chi connectivity index (χ0) is 23.4. The van der Waals surface area contributed by atoms with Crippen molar-refractivity contribution in [3.05, 3.63) is 83.4 Å². The first-order chi connectivity index (χ1) is 16.0. The maximum Gasteiger partial charge on any atom is 0.255 e. The molecule has 1 heterocycles. The van der Waals surface area contributed by atoms with Gasteiger partial charge in [-0.15, -0.1) is 0 Å². The van der Waals surface area contributed by atoms with Gasteiger partial charge in [0.05, 0.1) is 7.11 Å². The van der Waals surface area contributed by atoms with E-state index in [1.165, 1.54) is 24.1 Å². The average molecular weight is 448 g/mol. The highest BCUT2D eigenvalue weighted by Gasteiger charge is 2.32. The van der Waals surface area contributed by atoms with Crippen LogP contribution in [-0.4, -0.2) is 42.8 Å². The molecule has 0 fully saturated rings. The first-order valence-corrected chi connectivity index (χ1v) is 10.3. The van der Waals surface area contributed by atoms with Gasteiger partial charge in [-0.2, -0.15) is 0 Å². The minimum absolute atomic E-state index is 0.0678. The second-order valence-corrected chi connectivity index (χ2v) is 7.46. The molecule has 0 radical (unpaired) electrons. The predicted octanol–water partition coefficient (Wildman–Crippen LogP) is 3.26. The lowest BCUT2D eigenvalue weighted by Gasteiger charge is -2.31. The molecule has 0 saturated heterocycles. The Hall–Kier alpha value is -4.20. The molecular weight excluding hydrogens is 424 g/mol. The van der Waals surface area contributed by atoms with E-state index in [9.17, 15) is 14.7 Å². The summed E-state index contributed by atoms with van der Waals surface area (Å²) in [4.78, 5) is 28.2. The first-order valence-electron chi connectivity index (χ1n) is 10.3. The number of nitrogens with one attached hydrogen (secondary N) is 1. The van der Waals surface area contributed by atoms with Crippen molar-refractivity contribution < 1.29 is 28.9 Å². The Morgan fingerprint density at radius 1 is 1.03 bits per heavy atom. The van der Waals surface area contributed by atoms with Gasteiger partial charge in [0.2, 0.25) is 12.7 Å². The van der Waals surface area contributed by atoms with Crippen LogP contribution in [0.2, 0.25) is 0 Å². The van der Waals surface area contributed by atoms with Gasteiger partial charge in [0, 0.05) is 19.2 Å². The highest BCUT2D eigenvalue weighted by molar-refractivity contribution is 5.98. The molecule has 8 nitrogen and oxygen atoms in total. The van der Waals surface area contributed by atoms with Gasteiger partial charge in [-0.25, -0.2) is 0 Å². The van der Waals surface area contributed by atoms with E-state index in [4.69, 9.17) is 14.2 Å². The molecule has 0 aromatic heterocycles. The third kappa shape index (κ3) is 4.69. The van der Waals surface area contributed by atoms with Crippen LogP contribution in [0.4, 0.5) is 0 Å². The van der Waals surface area contributed by atoms with Crippen LogP contribution in [0.15, 0.2) is 66.7 Å². The van der Waals surface area contributed by atoms with Crippen molar-refractivity contribution in [2.45, 2.75) is 12.6 Å². The van der Waals surface area contributed by atoms with Crippen LogP contribution in [-0.2, 0) is 11.3 Å². The summed E-state index contributed by atoms with van der Waals surface area (Å²) >= 11 is 0.